The lowest BCUT2D eigenvalue weighted by atomic mass is 9.53. The Hall–Kier alpha value is -1.35. The van der Waals surface area contributed by atoms with Crippen molar-refractivity contribution in [3.8, 4) is 0 Å². The monoisotopic (exact) mass is 358 g/mol. The first-order chi connectivity index (χ1) is 12.3. The van der Waals surface area contributed by atoms with Gasteiger partial charge in [0.2, 0.25) is 0 Å². The zero-order valence-electron chi connectivity index (χ0n) is 16.6. The fourth-order valence-electron chi connectivity index (χ4n) is 6.48. The maximum atomic E-state index is 10.8. The predicted molar refractivity (Wildman–Crippen MR) is 105 cm³/mol. The van der Waals surface area contributed by atoms with Crippen LogP contribution in [0.2, 0.25) is 0 Å². The third kappa shape index (κ3) is 3.31. The predicted octanol–water partition coefficient (Wildman–Crippen LogP) is 4.84. The SMILES string of the molecule is CCC=C(C)[C@H]1[C@@H](C=CC=CC(=O)O)[C@H]2[C@@H]([C@H]3C[C@]31C)[C@@H](O)CC[C@@H]2C. The fraction of sp³-hybridized carbons (Fsp3) is 0.696. The first kappa shape index (κ1) is 19.4. The number of carboxylic acid groups (broad SMARTS) is 1. The van der Waals surface area contributed by atoms with E-state index in [1.54, 1.807) is 6.08 Å². The third-order valence-corrected chi connectivity index (χ3v) is 7.51. The van der Waals surface area contributed by atoms with Gasteiger partial charge in [0.1, 0.15) is 0 Å². The highest BCUT2D eigenvalue weighted by molar-refractivity contribution is 5.80. The minimum Gasteiger partial charge on any atom is -0.478 e. The molecule has 0 amide bonds. The second kappa shape index (κ2) is 7.34. The van der Waals surface area contributed by atoms with Crippen molar-refractivity contribution < 1.29 is 15.0 Å². The quantitative estimate of drug-likeness (QED) is 0.420. The van der Waals surface area contributed by atoms with E-state index in [1.165, 1.54) is 18.1 Å². The van der Waals surface area contributed by atoms with Gasteiger partial charge in [0.05, 0.1) is 6.10 Å². The molecule has 26 heavy (non-hydrogen) atoms. The molecule has 3 saturated carbocycles. The summed E-state index contributed by atoms with van der Waals surface area (Å²) in [6.45, 7) is 9.21. The highest BCUT2D eigenvalue weighted by atomic mass is 16.4. The zero-order chi connectivity index (χ0) is 19.1. The summed E-state index contributed by atoms with van der Waals surface area (Å²) in [5, 5.41) is 19.6. The lowest BCUT2D eigenvalue weighted by Crippen LogP contribution is -2.49. The summed E-state index contributed by atoms with van der Waals surface area (Å²) in [7, 11) is 0. The Morgan fingerprint density at radius 3 is 2.62 bits per heavy atom. The van der Waals surface area contributed by atoms with Crippen LogP contribution in [0, 0.1) is 40.9 Å². The van der Waals surface area contributed by atoms with E-state index in [0.29, 0.717) is 35.5 Å². The molecule has 3 aliphatic carbocycles. The van der Waals surface area contributed by atoms with Crippen molar-refractivity contribution in [2.24, 2.45) is 40.9 Å². The molecule has 0 spiro atoms. The first-order valence-corrected chi connectivity index (χ1v) is 10.2. The number of carboxylic acids is 1. The average molecular weight is 359 g/mol. The molecule has 2 N–H and O–H groups in total. The van der Waals surface area contributed by atoms with E-state index in [4.69, 9.17) is 5.11 Å². The van der Waals surface area contributed by atoms with Crippen LogP contribution in [-0.4, -0.2) is 22.3 Å². The second-order valence-electron chi connectivity index (χ2n) is 9.09. The van der Waals surface area contributed by atoms with E-state index in [-0.39, 0.29) is 11.5 Å². The number of aliphatic hydroxyl groups excluding tert-OH is 1. The van der Waals surface area contributed by atoms with Crippen LogP contribution in [0.3, 0.4) is 0 Å². The molecule has 0 saturated heterocycles. The molecule has 0 unspecified atom stereocenters. The minimum absolute atomic E-state index is 0.176. The van der Waals surface area contributed by atoms with Gasteiger partial charge in [0.15, 0.2) is 0 Å². The highest BCUT2D eigenvalue weighted by Crippen LogP contribution is 2.73. The molecule has 0 aliphatic heterocycles. The Morgan fingerprint density at radius 1 is 1.23 bits per heavy atom. The molecule has 144 valence electrons. The molecular weight excluding hydrogens is 324 g/mol. The van der Waals surface area contributed by atoms with Crippen LogP contribution < -0.4 is 0 Å². The molecule has 0 aromatic carbocycles. The Morgan fingerprint density at radius 2 is 1.96 bits per heavy atom. The Bertz CT molecular complexity index is 631. The summed E-state index contributed by atoms with van der Waals surface area (Å²) in [6.07, 6.45) is 13.5. The number of allylic oxidation sites excluding steroid dienone is 5. The summed E-state index contributed by atoms with van der Waals surface area (Å²) >= 11 is 0. The van der Waals surface area contributed by atoms with Crippen LogP contribution in [0.4, 0.5) is 0 Å². The molecule has 0 bridgehead atoms. The number of rotatable bonds is 5. The highest BCUT2D eigenvalue weighted by Gasteiger charge is 2.68. The van der Waals surface area contributed by atoms with Crippen molar-refractivity contribution in [2.45, 2.75) is 59.5 Å². The number of hydrogen-bond donors (Lipinski definition) is 2. The number of carbonyl (C=O) groups is 1. The second-order valence-corrected chi connectivity index (χ2v) is 9.09. The van der Waals surface area contributed by atoms with Crippen LogP contribution in [0.15, 0.2) is 36.0 Å². The Labute approximate surface area is 157 Å². The van der Waals surface area contributed by atoms with E-state index in [2.05, 4.69) is 39.8 Å². The standard InChI is InChI=1S/C23H34O3/c1-5-8-15(3)22-16(9-6-7-10-19(25)26)20-14(2)11-12-18(24)21(20)17-13-23(17,22)4/h6-10,14,16-18,20-22,24H,5,11-13H2,1-4H3,(H,25,26)/t14-,16-,17+,18-,20-,21-,22-,23+/m0/s1. The first-order valence-electron chi connectivity index (χ1n) is 10.2. The number of aliphatic hydroxyl groups is 1. The van der Waals surface area contributed by atoms with Crippen LogP contribution in [0.1, 0.15) is 53.4 Å². The molecule has 8 atom stereocenters. The molecule has 3 fully saturated rings. The van der Waals surface area contributed by atoms with E-state index in [9.17, 15) is 9.90 Å². The Kier molecular flexibility index (Phi) is 5.48. The summed E-state index contributed by atoms with van der Waals surface area (Å²) in [4.78, 5) is 10.8. The third-order valence-electron chi connectivity index (χ3n) is 7.51. The molecule has 3 aliphatic rings. The van der Waals surface area contributed by atoms with Gasteiger partial charge in [0, 0.05) is 6.08 Å². The maximum Gasteiger partial charge on any atom is 0.328 e. The van der Waals surface area contributed by atoms with Crippen LogP contribution in [0.25, 0.3) is 0 Å². The van der Waals surface area contributed by atoms with E-state index in [0.717, 1.165) is 19.3 Å². The van der Waals surface area contributed by atoms with Gasteiger partial charge in [-0.2, -0.15) is 0 Å². The lowest BCUT2D eigenvalue weighted by Gasteiger charge is -2.52. The van der Waals surface area contributed by atoms with Crippen molar-refractivity contribution >= 4 is 5.97 Å². The molecule has 3 nitrogen and oxygen atoms in total. The van der Waals surface area contributed by atoms with Gasteiger partial charge < -0.3 is 10.2 Å². The smallest absolute Gasteiger partial charge is 0.328 e. The summed E-state index contributed by atoms with van der Waals surface area (Å²) in [5.41, 5.74) is 1.75. The molecule has 0 radical (unpaired) electrons. The number of aliphatic carboxylic acids is 1. The number of fused-ring (bicyclic) bond motifs is 3. The largest absolute Gasteiger partial charge is 0.478 e. The Balaban J connectivity index is 1.99. The fourth-order valence-corrected chi connectivity index (χ4v) is 6.48. The topological polar surface area (TPSA) is 57.5 Å². The van der Waals surface area contributed by atoms with Crippen molar-refractivity contribution in [3.63, 3.8) is 0 Å². The lowest BCUT2D eigenvalue weighted by molar-refractivity contribution is -0.131. The average Bonchev–Trinajstić information content (AvgIpc) is 3.25. The van der Waals surface area contributed by atoms with Crippen LogP contribution >= 0.6 is 0 Å². The van der Waals surface area contributed by atoms with Crippen molar-refractivity contribution in [3.05, 3.63) is 36.0 Å². The van der Waals surface area contributed by atoms with Crippen molar-refractivity contribution in [1.82, 2.24) is 0 Å². The van der Waals surface area contributed by atoms with Gasteiger partial charge in [-0.25, -0.2) is 4.79 Å². The molecule has 0 heterocycles. The molecule has 0 aromatic rings. The van der Waals surface area contributed by atoms with Crippen molar-refractivity contribution in [2.75, 3.05) is 0 Å². The van der Waals surface area contributed by atoms with E-state index < -0.39 is 5.97 Å². The molecule has 3 heteroatoms. The van der Waals surface area contributed by atoms with Gasteiger partial charge in [0.25, 0.3) is 0 Å². The van der Waals surface area contributed by atoms with Gasteiger partial charge in [-0.05, 0) is 73.5 Å². The normalized spacial score (nSPS) is 45.6. The van der Waals surface area contributed by atoms with E-state index in [1.807, 2.05) is 6.08 Å². The zero-order valence-corrected chi connectivity index (χ0v) is 16.6. The van der Waals surface area contributed by atoms with Gasteiger partial charge in [-0.15, -0.1) is 0 Å². The van der Waals surface area contributed by atoms with Crippen LogP contribution in [0.5, 0.6) is 0 Å². The maximum absolute atomic E-state index is 10.8. The van der Waals surface area contributed by atoms with Crippen molar-refractivity contribution in [1.29, 1.82) is 0 Å². The summed E-state index contributed by atoms with van der Waals surface area (Å²) in [6, 6.07) is 0. The van der Waals surface area contributed by atoms with E-state index >= 15 is 0 Å². The van der Waals surface area contributed by atoms with Gasteiger partial charge in [-0.3, -0.25) is 0 Å². The van der Waals surface area contributed by atoms with Gasteiger partial charge in [-0.1, -0.05) is 50.6 Å². The van der Waals surface area contributed by atoms with Crippen LogP contribution in [-0.2, 0) is 4.79 Å². The summed E-state index contributed by atoms with van der Waals surface area (Å²) in [5.74, 6) is 2.07. The molecule has 0 aromatic heterocycles. The molecule has 3 rings (SSSR count). The summed E-state index contributed by atoms with van der Waals surface area (Å²) < 4.78 is 0. The molecular formula is C23H34O3. The number of hydrogen-bond acceptors (Lipinski definition) is 2. The minimum atomic E-state index is -0.912. The van der Waals surface area contributed by atoms with Gasteiger partial charge >= 0.3 is 5.97 Å².